The molecule has 1 saturated heterocycles. The van der Waals surface area contributed by atoms with E-state index in [0.29, 0.717) is 23.7 Å². The predicted molar refractivity (Wildman–Crippen MR) is 69.1 cm³/mol. The number of amides is 1. The molecule has 1 aliphatic rings. The fourth-order valence-corrected chi connectivity index (χ4v) is 2.34. The molecule has 1 aromatic rings. The summed E-state index contributed by atoms with van der Waals surface area (Å²) in [6.07, 6.45) is 3.35. The van der Waals surface area contributed by atoms with Gasteiger partial charge in [0.15, 0.2) is 0 Å². The quantitative estimate of drug-likeness (QED) is 0.858. The lowest BCUT2D eigenvalue weighted by atomic mass is 10.1. The van der Waals surface area contributed by atoms with Crippen molar-refractivity contribution in [3.63, 3.8) is 0 Å². The van der Waals surface area contributed by atoms with Crippen molar-refractivity contribution in [3.05, 3.63) is 35.1 Å². The highest BCUT2D eigenvalue weighted by Gasteiger charge is 2.14. The first-order valence-electron chi connectivity index (χ1n) is 6.44. The Morgan fingerprint density at radius 3 is 3.06 bits per heavy atom. The third-order valence-corrected chi connectivity index (χ3v) is 3.37. The molecule has 2 N–H and O–H groups in total. The highest BCUT2D eigenvalue weighted by Crippen LogP contribution is 2.11. The highest BCUT2D eigenvalue weighted by molar-refractivity contribution is 5.95. The summed E-state index contributed by atoms with van der Waals surface area (Å²) in [4.78, 5) is 11.9. The second-order valence-electron chi connectivity index (χ2n) is 4.80. The van der Waals surface area contributed by atoms with E-state index in [9.17, 15) is 9.18 Å². The molecule has 18 heavy (non-hydrogen) atoms. The van der Waals surface area contributed by atoms with E-state index >= 15 is 0 Å². The van der Waals surface area contributed by atoms with Gasteiger partial charge in [-0.25, -0.2) is 4.39 Å². The van der Waals surface area contributed by atoms with Crippen LogP contribution in [0.15, 0.2) is 18.2 Å². The van der Waals surface area contributed by atoms with Crippen LogP contribution in [0, 0.1) is 12.7 Å². The highest BCUT2D eigenvalue weighted by atomic mass is 19.1. The van der Waals surface area contributed by atoms with Crippen molar-refractivity contribution in [2.24, 2.45) is 0 Å². The van der Waals surface area contributed by atoms with Crippen LogP contribution in [-0.2, 0) is 0 Å². The molecule has 1 aromatic carbocycles. The number of halogens is 1. The molecule has 4 heteroatoms. The normalized spacial score (nSPS) is 18.9. The summed E-state index contributed by atoms with van der Waals surface area (Å²) in [7, 11) is 0. The summed E-state index contributed by atoms with van der Waals surface area (Å²) in [6.45, 7) is 3.49. The first-order chi connectivity index (χ1) is 8.66. The maximum absolute atomic E-state index is 12.9. The van der Waals surface area contributed by atoms with E-state index < -0.39 is 0 Å². The van der Waals surface area contributed by atoms with Crippen LogP contribution in [0.3, 0.4) is 0 Å². The van der Waals surface area contributed by atoms with Crippen LogP contribution in [0.25, 0.3) is 0 Å². The second-order valence-corrected chi connectivity index (χ2v) is 4.80. The molecule has 0 bridgehead atoms. The molecule has 1 aliphatic heterocycles. The van der Waals surface area contributed by atoms with Gasteiger partial charge < -0.3 is 10.6 Å². The maximum atomic E-state index is 12.9. The molecule has 2 rings (SSSR count). The minimum Gasteiger partial charge on any atom is -0.352 e. The molecule has 98 valence electrons. The molecule has 3 nitrogen and oxygen atoms in total. The van der Waals surface area contributed by atoms with Crippen molar-refractivity contribution in [1.82, 2.24) is 10.6 Å². The van der Waals surface area contributed by atoms with Crippen LogP contribution in [0.4, 0.5) is 4.39 Å². The van der Waals surface area contributed by atoms with E-state index in [1.165, 1.54) is 31.0 Å². The van der Waals surface area contributed by atoms with Crippen LogP contribution < -0.4 is 10.6 Å². The number of rotatable bonds is 4. The van der Waals surface area contributed by atoms with Gasteiger partial charge in [0.2, 0.25) is 0 Å². The van der Waals surface area contributed by atoms with Gasteiger partial charge in [0.05, 0.1) is 0 Å². The van der Waals surface area contributed by atoms with Crippen LogP contribution in [-0.4, -0.2) is 25.0 Å². The lowest BCUT2D eigenvalue weighted by Gasteiger charge is -2.11. The Hall–Kier alpha value is -1.42. The molecule has 1 atom stereocenters. The summed E-state index contributed by atoms with van der Waals surface area (Å²) in [5, 5.41) is 6.27. The Bertz CT molecular complexity index is 428. The van der Waals surface area contributed by atoms with Crippen molar-refractivity contribution < 1.29 is 9.18 Å². The van der Waals surface area contributed by atoms with Crippen LogP contribution in [0.2, 0.25) is 0 Å². The molecular formula is C14H19FN2O. The Labute approximate surface area is 107 Å². The fraction of sp³-hybridized carbons (Fsp3) is 0.500. The lowest BCUT2D eigenvalue weighted by Crippen LogP contribution is -2.30. The van der Waals surface area contributed by atoms with E-state index in [1.807, 2.05) is 0 Å². The van der Waals surface area contributed by atoms with Gasteiger partial charge in [-0.3, -0.25) is 4.79 Å². The van der Waals surface area contributed by atoms with Crippen molar-refractivity contribution in [1.29, 1.82) is 0 Å². The van der Waals surface area contributed by atoms with Gasteiger partial charge in [0.25, 0.3) is 5.91 Å². The minimum atomic E-state index is -0.306. The number of benzene rings is 1. The van der Waals surface area contributed by atoms with Gasteiger partial charge >= 0.3 is 0 Å². The van der Waals surface area contributed by atoms with E-state index in [2.05, 4.69) is 10.6 Å². The summed E-state index contributed by atoms with van der Waals surface area (Å²) in [6, 6.07) is 4.77. The zero-order valence-electron chi connectivity index (χ0n) is 10.6. The number of carbonyl (C=O) groups excluding carboxylic acids is 1. The smallest absolute Gasteiger partial charge is 0.251 e. The van der Waals surface area contributed by atoms with Gasteiger partial charge in [-0.2, -0.15) is 0 Å². The molecule has 0 aromatic heterocycles. The average Bonchev–Trinajstić information content (AvgIpc) is 2.81. The van der Waals surface area contributed by atoms with Crippen molar-refractivity contribution in [3.8, 4) is 0 Å². The molecule has 1 amide bonds. The number of hydrogen-bond acceptors (Lipinski definition) is 2. The molecule has 1 fully saturated rings. The topological polar surface area (TPSA) is 41.1 Å². The van der Waals surface area contributed by atoms with E-state index in [0.717, 1.165) is 13.0 Å². The van der Waals surface area contributed by atoms with Gasteiger partial charge in [0.1, 0.15) is 5.82 Å². The molecule has 0 unspecified atom stereocenters. The van der Waals surface area contributed by atoms with Gasteiger partial charge in [-0.1, -0.05) is 0 Å². The molecular weight excluding hydrogens is 231 g/mol. The molecule has 0 radical (unpaired) electrons. The van der Waals surface area contributed by atoms with Crippen LogP contribution in [0.5, 0.6) is 0 Å². The summed E-state index contributed by atoms with van der Waals surface area (Å²) in [5.74, 6) is -0.426. The second kappa shape index (κ2) is 5.96. The molecule has 1 heterocycles. The van der Waals surface area contributed by atoms with Crippen molar-refractivity contribution in [2.75, 3.05) is 13.1 Å². The van der Waals surface area contributed by atoms with Crippen molar-refractivity contribution in [2.45, 2.75) is 32.2 Å². The number of nitrogens with one attached hydrogen (secondary N) is 2. The Morgan fingerprint density at radius 2 is 2.39 bits per heavy atom. The van der Waals surface area contributed by atoms with Crippen molar-refractivity contribution >= 4 is 5.91 Å². The van der Waals surface area contributed by atoms with E-state index in [-0.39, 0.29) is 11.7 Å². The third-order valence-electron chi connectivity index (χ3n) is 3.37. The predicted octanol–water partition coefficient (Wildman–Crippen LogP) is 2.01. The fourth-order valence-electron chi connectivity index (χ4n) is 2.34. The third kappa shape index (κ3) is 3.29. The summed E-state index contributed by atoms with van der Waals surface area (Å²) >= 11 is 0. The number of aryl methyl sites for hydroxylation is 1. The van der Waals surface area contributed by atoms with Crippen LogP contribution in [0.1, 0.15) is 35.2 Å². The lowest BCUT2D eigenvalue weighted by molar-refractivity contribution is 0.0951. The van der Waals surface area contributed by atoms with E-state index in [4.69, 9.17) is 0 Å². The minimum absolute atomic E-state index is 0.120. The zero-order valence-corrected chi connectivity index (χ0v) is 10.6. The molecule has 0 saturated carbocycles. The summed E-state index contributed by atoms with van der Waals surface area (Å²) < 4.78 is 12.9. The Morgan fingerprint density at radius 1 is 1.56 bits per heavy atom. The van der Waals surface area contributed by atoms with Gasteiger partial charge in [0, 0.05) is 18.2 Å². The Kier molecular flexibility index (Phi) is 4.31. The monoisotopic (exact) mass is 250 g/mol. The number of carbonyl (C=O) groups is 1. The summed E-state index contributed by atoms with van der Waals surface area (Å²) in [5.41, 5.74) is 1.22. The largest absolute Gasteiger partial charge is 0.352 e. The average molecular weight is 250 g/mol. The van der Waals surface area contributed by atoms with E-state index in [1.54, 1.807) is 6.92 Å². The van der Waals surface area contributed by atoms with Crippen LogP contribution >= 0.6 is 0 Å². The number of hydrogen-bond donors (Lipinski definition) is 2. The zero-order chi connectivity index (χ0) is 13.0. The van der Waals surface area contributed by atoms with Gasteiger partial charge in [-0.05, 0) is 56.5 Å². The molecule has 0 spiro atoms. The first kappa shape index (κ1) is 13.0. The standard InChI is InChI=1S/C14H19FN2O/c1-10-9-11(15)4-5-13(10)14(18)17-8-6-12-3-2-7-16-12/h4-5,9,12,16H,2-3,6-8H2,1H3,(H,17,18)/t12-/m0/s1. The molecule has 0 aliphatic carbocycles. The first-order valence-corrected chi connectivity index (χ1v) is 6.44. The van der Waals surface area contributed by atoms with Gasteiger partial charge in [-0.15, -0.1) is 0 Å². The SMILES string of the molecule is Cc1cc(F)ccc1C(=O)NCC[C@@H]1CCCN1. The maximum Gasteiger partial charge on any atom is 0.251 e. The Balaban J connectivity index is 1.83.